The van der Waals surface area contributed by atoms with Gasteiger partial charge in [0.25, 0.3) is 7.82 Å². The topological polar surface area (TPSA) is 111 Å². The highest BCUT2D eigenvalue weighted by molar-refractivity contribution is 7.45. The Hall–Kier alpha value is -3.33. The van der Waals surface area contributed by atoms with Crippen LogP contribution in [0.15, 0.2) is 109 Å². The molecule has 0 saturated heterocycles. The highest BCUT2D eigenvalue weighted by Gasteiger charge is 2.21. The van der Waals surface area contributed by atoms with Gasteiger partial charge in [0.1, 0.15) is 19.8 Å². The number of rotatable bonds is 37. The summed E-state index contributed by atoms with van der Waals surface area (Å²) in [6, 6.07) is 0. The zero-order valence-corrected chi connectivity index (χ0v) is 37.6. The number of carbonyl (C=O) groups excluding carboxylic acids is 2. The van der Waals surface area contributed by atoms with Crippen molar-refractivity contribution in [3.8, 4) is 0 Å². The molecular formula is C48H78NO8P. The summed E-state index contributed by atoms with van der Waals surface area (Å²) in [6.07, 6.45) is 52.7. The van der Waals surface area contributed by atoms with Gasteiger partial charge in [-0.1, -0.05) is 130 Å². The van der Waals surface area contributed by atoms with Crippen LogP contribution >= 0.6 is 7.82 Å². The van der Waals surface area contributed by atoms with Crippen LogP contribution in [0.5, 0.6) is 0 Å². The first-order valence-corrected chi connectivity index (χ1v) is 23.1. The van der Waals surface area contributed by atoms with Crippen molar-refractivity contribution < 1.29 is 42.1 Å². The van der Waals surface area contributed by atoms with Crippen molar-refractivity contribution in [2.45, 2.75) is 136 Å². The monoisotopic (exact) mass is 828 g/mol. The smallest absolute Gasteiger partial charge is 0.306 e. The van der Waals surface area contributed by atoms with E-state index in [9.17, 15) is 19.0 Å². The highest BCUT2D eigenvalue weighted by atomic mass is 31.2. The average molecular weight is 828 g/mol. The number of phosphoric acid groups is 1. The first-order chi connectivity index (χ1) is 28.0. The molecule has 0 amide bonds. The van der Waals surface area contributed by atoms with E-state index in [-0.39, 0.29) is 26.1 Å². The van der Waals surface area contributed by atoms with Crippen LogP contribution in [0.2, 0.25) is 0 Å². The molecule has 0 fully saturated rings. The summed E-state index contributed by atoms with van der Waals surface area (Å²) in [5.74, 6) is -0.935. The summed E-state index contributed by atoms with van der Waals surface area (Å²) < 4.78 is 33.8. The van der Waals surface area contributed by atoms with Crippen LogP contribution in [-0.4, -0.2) is 70.0 Å². The molecule has 2 atom stereocenters. The number of carbonyl (C=O) groups is 2. The third-order valence-electron chi connectivity index (χ3n) is 8.29. The quantitative estimate of drug-likeness (QED) is 0.0200. The van der Waals surface area contributed by atoms with Crippen LogP contribution in [0, 0.1) is 0 Å². The Morgan fingerprint density at radius 2 is 0.931 bits per heavy atom. The number of hydrogen-bond donors (Lipinski definition) is 0. The summed E-state index contributed by atoms with van der Waals surface area (Å²) in [5, 5.41) is 0. The minimum absolute atomic E-state index is 0.0515. The maximum Gasteiger partial charge on any atom is 0.306 e. The van der Waals surface area contributed by atoms with Crippen molar-refractivity contribution in [1.29, 1.82) is 0 Å². The Labute approximate surface area is 353 Å². The third kappa shape index (κ3) is 42.3. The van der Waals surface area contributed by atoms with Crippen molar-refractivity contribution in [3.05, 3.63) is 109 Å². The SMILES string of the molecule is CC/C=C\C/C=C\C/C=C\C/C=C\C/C=C\CCCCCC(=O)OC[C@H](COP(=O)([O-])OCC[N+](C)(C)C)OC(=O)CCCC/C=C\C/C=C\C/C=C\C/C=C\CC. The summed E-state index contributed by atoms with van der Waals surface area (Å²) in [6.45, 7) is 3.87. The predicted molar refractivity (Wildman–Crippen MR) is 240 cm³/mol. The molecule has 0 radical (unpaired) electrons. The molecule has 0 aromatic rings. The second kappa shape index (κ2) is 39.1. The maximum atomic E-state index is 12.6. The summed E-state index contributed by atoms with van der Waals surface area (Å²) in [7, 11) is 1.09. The van der Waals surface area contributed by atoms with Gasteiger partial charge >= 0.3 is 11.9 Å². The molecule has 0 aliphatic heterocycles. The van der Waals surface area contributed by atoms with Crippen LogP contribution in [0.25, 0.3) is 0 Å². The number of hydrogen-bond acceptors (Lipinski definition) is 8. The molecule has 0 heterocycles. The Kier molecular flexibility index (Phi) is 36.9. The number of unbranched alkanes of at least 4 members (excludes halogenated alkanes) is 5. The van der Waals surface area contributed by atoms with Crippen molar-refractivity contribution in [3.63, 3.8) is 0 Å². The molecule has 0 bridgehead atoms. The van der Waals surface area contributed by atoms with Gasteiger partial charge in [-0.3, -0.25) is 14.2 Å². The van der Waals surface area contributed by atoms with Crippen molar-refractivity contribution >= 4 is 19.8 Å². The zero-order chi connectivity index (χ0) is 42.8. The lowest BCUT2D eigenvalue weighted by Gasteiger charge is -2.28. The molecule has 0 aromatic carbocycles. The molecule has 0 N–H and O–H groups in total. The van der Waals surface area contributed by atoms with E-state index < -0.39 is 32.5 Å². The van der Waals surface area contributed by atoms with Crippen LogP contribution in [-0.2, 0) is 32.7 Å². The normalized spacial score (nSPS) is 14.7. The van der Waals surface area contributed by atoms with E-state index in [1.165, 1.54) is 0 Å². The van der Waals surface area contributed by atoms with E-state index in [4.69, 9.17) is 18.5 Å². The minimum atomic E-state index is -4.65. The second-order valence-electron chi connectivity index (χ2n) is 14.9. The molecule has 0 aliphatic carbocycles. The minimum Gasteiger partial charge on any atom is -0.756 e. The van der Waals surface area contributed by atoms with Crippen molar-refractivity contribution in [2.75, 3.05) is 47.5 Å². The molecule has 1 unspecified atom stereocenters. The molecule has 0 aliphatic rings. The summed E-state index contributed by atoms with van der Waals surface area (Å²) in [5.41, 5.74) is 0. The van der Waals surface area contributed by atoms with E-state index >= 15 is 0 Å². The number of allylic oxidation sites excluding steroid dienone is 18. The Morgan fingerprint density at radius 3 is 1.38 bits per heavy atom. The second-order valence-corrected chi connectivity index (χ2v) is 16.4. The molecule has 0 rings (SSSR count). The van der Waals surface area contributed by atoms with Crippen LogP contribution in [0.4, 0.5) is 0 Å². The fourth-order valence-corrected chi connectivity index (χ4v) is 5.69. The fourth-order valence-electron chi connectivity index (χ4n) is 4.96. The van der Waals surface area contributed by atoms with E-state index in [2.05, 4.69) is 123 Å². The van der Waals surface area contributed by atoms with Gasteiger partial charge in [-0.15, -0.1) is 0 Å². The van der Waals surface area contributed by atoms with Gasteiger partial charge in [0.05, 0.1) is 27.7 Å². The van der Waals surface area contributed by atoms with Crippen molar-refractivity contribution in [1.82, 2.24) is 0 Å². The highest BCUT2D eigenvalue weighted by Crippen LogP contribution is 2.38. The van der Waals surface area contributed by atoms with Gasteiger partial charge in [-0.2, -0.15) is 0 Å². The van der Waals surface area contributed by atoms with E-state index in [0.29, 0.717) is 23.9 Å². The number of ether oxygens (including phenoxy) is 2. The molecule has 0 spiro atoms. The predicted octanol–water partition coefficient (Wildman–Crippen LogP) is 11.7. The van der Waals surface area contributed by atoms with Gasteiger partial charge in [-0.25, -0.2) is 0 Å². The third-order valence-corrected chi connectivity index (χ3v) is 9.25. The molecule has 0 saturated carbocycles. The number of phosphoric ester groups is 1. The standard InChI is InChI=1S/C48H78NO8P/c1-6-8-10-12-14-16-18-20-22-23-24-25-27-28-30-32-34-36-38-40-47(50)54-44-46(45-56-58(52,53)55-43-42-49(3,4)5)57-48(51)41-39-37-35-33-31-29-26-21-19-17-15-13-11-9-7-2/h8-11,14-17,20-22,24-26,28,30-31,33,46H,6-7,12-13,18-19,23,27,29,32,34-45H2,1-5H3/b10-8-,11-9-,16-14-,17-15-,22-20-,25-24-,26-21-,30-28-,33-31-/t46-/m1/s1. The summed E-state index contributed by atoms with van der Waals surface area (Å²) >= 11 is 0. The summed E-state index contributed by atoms with van der Waals surface area (Å²) in [4.78, 5) is 37.5. The number of nitrogens with zero attached hydrogens (tertiary/aromatic N) is 1. The molecule has 0 aromatic heterocycles. The zero-order valence-electron chi connectivity index (χ0n) is 36.7. The number of esters is 2. The van der Waals surface area contributed by atoms with Gasteiger partial charge < -0.3 is 27.9 Å². The van der Waals surface area contributed by atoms with E-state index in [1.807, 2.05) is 21.1 Å². The van der Waals surface area contributed by atoms with Crippen molar-refractivity contribution in [2.24, 2.45) is 0 Å². The molecule has 10 heteroatoms. The first-order valence-electron chi connectivity index (χ1n) is 21.6. The molecular weight excluding hydrogens is 750 g/mol. The van der Waals surface area contributed by atoms with Gasteiger partial charge in [0.2, 0.25) is 0 Å². The van der Waals surface area contributed by atoms with E-state index in [0.717, 1.165) is 89.9 Å². The first kappa shape index (κ1) is 54.7. The van der Waals surface area contributed by atoms with Gasteiger partial charge in [0, 0.05) is 12.8 Å². The molecule has 58 heavy (non-hydrogen) atoms. The Bertz CT molecular complexity index is 1350. The van der Waals surface area contributed by atoms with Gasteiger partial charge in [0.15, 0.2) is 6.10 Å². The Balaban J connectivity index is 4.52. The fraction of sp³-hybridized carbons (Fsp3) is 0.583. The number of likely N-dealkylation sites (N-methyl/N-ethyl adjacent to an activating group) is 1. The lowest BCUT2D eigenvalue weighted by atomic mass is 10.1. The lowest BCUT2D eigenvalue weighted by molar-refractivity contribution is -0.870. The lowest BCUT2D eigenvalue weighted by Crippen LogP contribution is -2.37. The Morgan fingerprint density at radius 1 is 0.534 bits per heavy atom. The maximum absolute atomic E-state index is 12.6. The number of quaternary nitrogens is 1. The molecule has 328 valence electrons. The largest absolute Gasteiger partial charge is 0.756 e. The van der Waals surface area contributed by atoms with Crippen LogP contribution < -0.4 is 4.89 Å². The van der Waals surface area contributed by atoms with Crippen LogP contribution in [0.1, 0.15) is 129 Å². The van der Waals surface area contributed by atoms with E-state index in [1.54, 1.807) is 0 Å². The van der Waals surface area contributed by atoms with Gasteiger partial charge in [-0.05, 0) is 96.3 Å². The molecule has 9 nitrogen and oxygen atoms in total. The van der Waals surface area contributed by atoms with Crippen LogP contribution in [0.3, 0.4) is 0 Å². The average Bonchev–Trinajstić information content (AvgIpc) is 3.17.